The van der Waals surface area contributed by atoms with E-state index in [0.29, 0.717) is 42.3 Å². The number of guanidine groups is 2. The smallest absolute Gasteiger partial charge is 0.222 e. The number of hydrogen-bond donors (Lipinski definition) is 2. The summed E-state index contributed by atoms with van der Waals surface area (Å²) in [6.07, 6.45) is -0.507. The lowest BCUT2D eigenvalue weighted by atomic mass is 10.2. The Morgan fingerprint density at radius 1 is 1.04 bits per heavy atom. The van der Waals surface area contributed by atoms with E-state index in [1.807, 2.05) is 53.4 Å². The van der Waals surface area contributed by atoms with Gasteiger partial charge < -0.3 is 20.7 Å². The summed E-state index contributed by atoms with van der Waals surface area (Å²) in [5.41, 5.74) is 7.74. The Bertz CT molecular complexity index is 913. The molecule has 2 aromatic carbocycles. The van der Waals surface area contributed by atoms with Crippen molar-refractivity contribution in [3.63, 3.8) is 0 Å². The van der Waals surface area contributed by atoms with Crippen LogP contribution in [0.5, 0.6) is 0 Å². The molecule has 0 amide bonds. The largest absolute Gasteiger partial charge is 0.378 e. The first-order chi connectivity index (χ1) is 13.6. The van der Waals surface area contributed by atoms with Gasteiger partial charge in [-0.1, -0.05) is 35.3 Å². The minimum atomic E-state index is -0.507. The fourth-order valence-corrected chi connectivity index (χ4v) is 3.55. The monoisotopic (exact) mass is 418 g/mol. The van der Waals surface area contributed by atoms with Gasteiger partial charge in [-0.05, 0) is 36.4 Å². The second-order valence-electron chi connectivity index (χ2n) is 6.38. The number of rotatable bonds is 3. The molecule has 1 fully saturated rings. The molecule has 2 aliphatic rings. The predicted molar refractivity (Wildman–Crippen MR) is 114 cm³/mol. The molecule has 0 saturated carbocycles. The fourth-order valence-electron chi connectivity index (χ4n) is 3.17. The van der Waals surface area contributed by atoms with Crippen LogP contribution in [0.15, 0.2) is 58.5 Å². The van der Waals surface area contributed by atoms with Crippen molar-refractivity contribution in [1.29, 1.82) is 0 Å². The summed E-state index contributed by atoms with van der Waals surface area (Å²) in [4.78, 5) is 13.2. The quantitative estimate of drug-likeness (QED) is 0.799. The molecule has 146 valence electrons. The normalized spacial score (nSPS) is 19.9. The van der Waals surface area contributed by atoms with E-state index < -0.39 is 6.29 Å². The lowest BCUT2D eigenvalue weighted by molar-refractivity contribution is 0.0671. The Labute approximate surface area is 173 Å². The highest BCUT2D eigenvalue weighted by Gasteiger charge is 2.32. The van der Waals surface area contributed by atoms with Crippen molar-refractivity contribution in [3.05, 3.63) is 58.6 Å². The van der Waals surface area contributed by atoms with E-state index in [-0.39, 0.29) is 5.96 Å². The van der Waals surface area contributed by atoms with E-state index in [1.165, 1.54) is 0 Å². The van der Waals surface area contributed by atoms with E-state index in [2.05, 4.69) is 20.2 Å². The van der Waals surface area contributed by atoms with Crippen molar-refractivity contribution >= 4 is 46.5 Å². The summed E-state index contributed by atoms with van der Waals surface area (Å²) < 4.78 is 5.49. The minimum absolute atomic E-state index is 0.208. The van der Waals surface area contributed by atoms with Gasteiger partial charge in [-0.3, -0.25) is 4.90 Å². The van der Waals surface area contributed by atoms with Gasteiger partial charge in [0.15, 0.2) is 0 Å². The molecule has 1 saturated heterocycles. The molecule has 2 aliphatic heterocycles. The Balaban J connectivity index is 1.73. The highest BCUT2D eigenvalue weighted by Crippen LogP contribution is 2.27. The number of morpholine rings is 1. The van der Waals surface area contributed by atoms with E-state index >= 15 is 0 Å². The second kappa shape index (κ2) is 8.26. The Kier molecular flexibility index (Phi) is 5.57. The molecule has 2 heterocycles. The van der Waals surface area contributed by atoms with Gasteiger partial charge in [0.1, 0.15) is 0 Å². The standard InChI is InChI=1S/C19H20Cl2N6O/c20-13-3-1-5-15(11-13)23-18-24-17(22)25-19(26-7-9-28-10-8-26)27(18)16-6-2-4-14(21)12-16/h1-6,11-12,18,23H,7-10H2,(H2,22,24). The lowest BCUT2D eigenvalue weighted by Crippen LogP contribution is -2.57. The van der Waals surface area contributed by atoms with E-state index in [9.17, 15) is 0 Å². The van der Waals surface area contributed by atoms with Gasteiger partial charge in [-0.15, -0.1) is 0 Å². The molecule has 28 heavy (non-hydrogen) atoms. The van der Waals surface area contributed by atoms with Crippen LogP contribution < -0.4 is 16.0 Å². The molecule has 2 aromatic rings. The minimum Gasteiger partial charge on any atom is -0.378 e. The zero-order chi connectivity index (χ0) is 19.5. The number of ether oxygens (including phenoxy) is 1. The van der Waals surface area contributed by atoms with Gasteiger partial charge >= 0.3 is 0 Å². The first-order valence-electron chi connectivity index (χ1n) is 8.92. The van der Waals surface area contributed by atoms with Gasteiger partial charge in [0.25, 0.3) is 0 Å². The molecule has 1 unspecified atom stereocenters. The van der Waals surface area contributed by atoms with Crippen LogP contribution in [0.1, 0.15) is 0 Å². The number of anilines is 2. The van der Waals surface area contributed by atoms with Crippen molar-refractivity contribution in [2.75, 3.05) is 36.5 Å². The van der Waals surface area contributed by atoms with Gasteiger partial charge in [-0.2, -0.15) is 4.99 Å². The third-order valence-corrected chi connectivity index (χ3v) is 4.90. The molecule has 0 aliphatic carbocycles. The van der Waals surface area contributed by atoms with Crippen molar-refractivity contribution in [2.24, 2.45) is 15.7 Å². The number of hydrogen-bond acceptors (Lipinski definition) is 7. The Hall–Kier alpha value is -2.48. The first-order valence-corrected chi connectivity index (χ1v) is 9.67. The average molecular weight is 419 g/mol. The van der Waals surface area contributed by atoms with E-state index in [0.717, 1.165) is 11.4 Å². The summed E-state index contributed by atoms with van der Waals surface area (Å²) in [5.74, 6) is 0.914. The number of aliphatic imine (C=N–C) groups is 2. The van der Waals surface area contributed by atoms with Crippen molar-refractivity contribution in [3.8, 4) is 0 Å². The third kappa shape index (κ3) is 4.16. The van der Waals surface area contributed by atoms with Crippen LogP contribution >= 0.6 is 23.2 Å². The SMILES string of the molecule is NC1=NC(Nc2cccc(Cl)c2)N(c2cccc(Cl)c2)C(N2CCOCC2)=N1. The number of halogens is 2. The summed E-state index contributed by atoms with van der Waals surface area (Å²) >= 11 is 12.4. The maximum atomic E-state index is 6.26. The molecular formula is C19H20Cl2N6O. The Morgan fingerprint density at radius 2 is 1.75 bits per heavy atom. The number of nitrogens with one attached hydrogen (secondary N) is 1. The van der Waals surface area contributed by atoms with Crippen LogP contribution in [0, 0.1) is 0 Å². The zero-order valence-electron chi connectivity index (χ0n) is 15.1. The van der Waals surface area contributed by atoms with E-state index in [1.54, 1.807) is 0 Å². The summed E-state index contributed by atoms with van der Waals surface area (Å²) in [7, 11) is 0. The van der Waals surface area contributed by atoms with Crippen LogP contribution in [0.2, 0.25) is 10.0 Å². The van der Waals surface area contributed by atoms with E-state index in [4.69, 9.17) is 33.7 Å². The zero-order valence-corrected chi connectivity index (χ0v) is 16.6. The first kappa shape index (κ1) is 18.9. The number of benzene rings is 2. The molecule has 7 nitrogen and oxygen atoms in total. The van der Waals surface area contributed by atoms with Crippen LogP contribution in [-0.4, -0.2) is 49.4 Å². The van der Waals surface area contributed by atoms with Crippen molar-refractivity contribution in [1.82, 2.24) is 4.90 Å². The second-order valence-corrected chi connectivity index (χ2v) is 7.25. The van der Waals surface area contributed by atoms with Crippen LogP contribution in [0.4, 0.5) is 11.4 Å². The fraction of sp³-hybridized carbons (Fsp3) is 0.263. The molecule has 1 atom stereocenters. The maximum absolute atomic E-state index is 6.26. The third-order valence-electron chi connectivity index (χ3n) is 4.43. The van der Waals surface area contributed by atoms with Crippen molar-refractivity contribution in [2.45, 2.75) is 6.29 Å². The molecule has 0 aromatic heterocycles. The lowest BCUT2D eigenvalue weighted by Gasteiger charge is -2.41. The molecule has 0 spiro atoms. The molecule has 0 radical (unpaired) electrons. The molecule has 4 rings (SSSR count). The number of nitrogens with zero attached hydrogens (tertiary/aromatic N) is 4. The summed E-state index contributed by atoms with van der Waals surface area (Å²) in [5, 5.41) is 4.64. The van der Waals surface area contributed by atoms with Crippen LogP contribution in [-0.2, 0) is 4.74 Å². The summed E-state index contributed by atoms with van der Waals surface area (Å²) in [6, 6.07) is 15.0. The molecule has 0 bridgehead atoms. The van der Waals surface area contributed by atoms with Crippen LogP contribution in [0.3, 0.4) is 0 Å². The molecular weight excluding hydrogens is 399 g/mol. The highest BCUT2D eigenvalue weighted by molar-refractivity contribution is 6.31. The highest BCUT2D eigenvalue weighted by atomic mass is 35.5. The Morgan fingerprint density at radius 3 is 2.46 bits per heavy atom. The molecule has 3 N–H and O–H groups in total. The topological polar surface area (TPSA) is 78.5 Å². The number of nitrogens with two attached hydrogens (primary N) is 1. The van der Waals surface area contributed by atoms with Gasteiger partial charge in [-0.25, -0.2) is 4.99 Å². The summed E-state index contributed by atoms with van der Waals surface area (Å²) in [6.45, 7) is 2.69. The predicted octanol–water partition coefficient (Wildman–Crippen LogP) is 3.21. The maximum Gasteiger partial charge on any atom is 0.222 e. The van der Waals surface area contributed by atoms with Gasteiger partial charge in [0, 0.05) is 34.5 Å². The average Bonchev–Trinajstić information content (AvgIpc) is 2.68. The van der Waals surface area contributed by atoms with Gasteiger partial charge in [0.05, 0.1) is 13.2 Å². The van der Waals surface area contributed by atoms with Crippen molar-refractivity contribution < 1.29 is 4.74 Å². The van der Waals surface area contributed by atoms with Crippen LogP contribution in [0.25, 0.3) is 0 Å². The molecule has 9 heteroatoms. The van der Waals surface area contributed by atoms with Gasteiger partial charge in [0.2, 0.25) is 18.2 Å².